The number of methoxy groups -OCH3 is 1. The molecule has 0 aromatic heterocycles. The summed E-state index contributed by atoms with van der Waals surface area (Å²) in [5.74, 6) is 0.945. The average Bonchev–Trinajstić information content (AvgIpc) is 2.29. The topological polar surface area (TPSA) is 9.23 Å². The second-order valence-electron chi connectivity index (χ2n) is 3.87. The van der Waals surface area contributed by atoms with E-state index < -0.39 is 0 Å². The maximum Gasteiger partial charge on any atom is 0.121 e. The summed E-state index contributed by atoms with van der Waals surface area (Å²) in [4.78, 5) is 0. The monoisotopic (exact) mass is 216 g/mol. The van der Waals surface area contributed by atoms with Crippen LogP contribution in [0.3, 0.4) is 0 Å². The Morgan fingerprint density at radius 1 is 1.38 bits per heavy atom. The second kappa shape index (κ2) is 6.16. The highest BCUT2D eigenvalue weighted by Gasteiger charge is 2.00. The zero-order valence-electron chi connectivity index (χ0n) is 10.6. The molecule has 0 unspecified atom stereocenters. The van der Waals surface area contributed by atoms with Crippen molar-refractivity contribution in [3.8, 4) is 5.75 Å². The molecule has 1 rings (SSSR count). The third-order valence-corrected chi connectivity index (χ3v) is 2.57. The molecule has 1 heteroatoms. The lowest BCUT2D eigenvalue weighted by Crippen LogP contribution is -1.88. The summed E-state index contributed by atoms with van der Waals surface area (Å²) >= 11 is 0. The normalized spacial score (nSPS) is 12.1. The van der Waals surface area contributed by atoms with Crippen molar-refractivity contribution < 1.29 is 4.74 Å². The molecule has 0 fully saturated rings. The van der Waals surface area contributed by atoms with Crippen molar-refractivity contribution in [2.75, 3.05) is 7.11 Å². The molecule has 0 radical (unpaired) electrons. The second-order valence-corrected chi connectivity index (χ2v) is 3.87. The molecule has 0 aliphatic heterocycles. The molecule has 16 heavy (non-hydrogen) atoms. The first kappa shape index (κ1) is 12.6. The standard InChI is InChI=1S/C15H20O/c1-5-6-7-8-12(2)14-9-10-15(16-4)13(3)11-14/h6-11H,5H2,1-4H3/b7-6-,12-8+. The zero-order chi connectivity index (χ0) is 12.0. The van der Waals surface area contributed by atoms with Crippen LogP contribution in [0.2, 0.25) is 0 Å². The van der Waals surface area contributed by atoms with Gasteiger partial charge in [-0.25, -0.2) is 0 Å². The summed E-state index contributed by atoms with van der Waals surface area (Å²) in [6.45, 7) is 6.33. The molecular formula is C15H20O. The first-order valence-corrected chi connectivity index (χ1v) is 5.67. The van der Waals surface area contributed by atoms with Gasteiger partial charge in [0.2, 0.25) is 0 Å². The Morgan fingerprint density at radius 3 is 2.69 bits per heavy atom. The molecule has 0 aliphatic rings. The molecule has 1 aromatic carbocycles. The van der Waals surface area contributed by atoms with Crippen molar-refractivity contribution >= 4 is 5.57 Å². The largest absolute Gasteiger partial charge is 0.496 e. The molecule has 86 valence electrons. The fourth-order valence-electron chi connectivity index (χ4n) is 1.57. The van der Waals surface area contributed by atoms with Crippen molar-refractivity contribution in [2.45, 2.75) is 27.2 Å². The lowest BCUT2D eigenvalue weighted by Gasteiger charge is -2.07. The Kier molecular flexibility index (Phi) is 4.84. The molecule has 1 aromatic rings. The van der Waals surface area contributed by atoms with Crippen LogP contribution in [-0.2, 0) is 0 Å². The highest BCUT2D eigenvalue weighted by molar-refractivity contribution is 5.66. The maximum absolute atomic E-state index is 5.24. The van der Waals surface area contributed by atoms with E-state index >= 15 is 0 Å². The van der Waals surface area contributed by atoms with Gasteiger partial charge in [0.15, 0.2) is 0 Å². The van der Waals surface area contributed by atoms with Gasteiger partial charge in [-0.3, -0.25) is 0 Å². The number of ether oxygens (including phenoxy) is 1. The van der Waals surface area contributed by atoms with Crippen LogP contribution < -0.4 is 4.74 Å². The fraction of sp³-hybridized carbons (Fsp3) is 0.333. The molecule has 0 N–H and O–H groups in total. The highest BCUT2D eigenvalue weighted by atomic mass is 16.5. The molecule has 0 heterocycles. The Labute approximate surface area is 98.5 Å². The van der Waals surface area contributed by atoms with Gasteiger partial charge < -0.3 is 4.74 Å². The first-order chi connectivity index (χ1) is 7.69. The summed E-state index contributed by atoms with van der Waals surface area (Å²) in [5, 5.41) is 0. The number of allylic oxidation sites excluding steroid dienone is 4. The smallest absolute Gasteiger partial charge is 0.121 e. The van der Waals surface area contributed by atoms with E-state index in [1.54, 1.807) is 7.11 Å². The number of rotatable bonds is 4. The number of hydrogen-bond donors (Lipinski definition) is 0. The Balaban J connectivity index is 2.92. The molecule has 0 bridgehead atoms. The van der Waals surface area contributed by atoms with Crippen LogP contribution in [0.5, 0.6) is 5.75 Å². The third-order valence-electron chi connectivity index (χ3n) is 2.57. The number of aryl methyl sites for hydroxylation is 1. The molecular weight excluding hydrogens is 196 g/mol. The number of hydrogen-bond acceptors (Lipinski definition) is 1. The molecule has 0 spiro atoms. The quantitative estimate of drug-likeness (QED) is 0.679. The summed E-state index contributed by atoms with van der Waals surface area (Å²) in [6, 6.07) is 6.27. The summed E-state index contributed by atoms with van der Waals surface area (Å²) in [5.41, 5.74) is 3.70. The summed E-state index contributed by atoms with van der Waals surface area (Å²) in [7, 11) is 1.70. The van der Waals surface area contributed by atoms with Crippen molar-refractivity contribution in [3.63, 3.8) is 0 Å². The Bertz CT molecular complexity index is 400. The van der Waals surface area contributed by atoms with Crippen LogP contribution in [0, 0.1) is 6.92 Å². The molecule has 0 saturated heterocycles. The summed E-state index contributed by atoms with van der Waals surface area (Å²) in [6.07, 6.45) is 7.48. The van der Waals surface area contributed by atoms with Crippen LogP contribution in [-0.4, -0.2) is 7.11 Å². The van der Waals surface area contributed by atoms with Crippen molar-refractivity contribution in [2.24, 2.45) is 0 Å². The maximum atomic E-state index is 5.24. The van der Waals surface area contributed by atoms with Gasteiger partial charge in [-0.1, -0.05) is 31.2 Å². The first-order valence-electron chi connectivity index (χ1n) is 5.67. The van der Waals surface area contributed by atoms with Gasteiger partial charge in [-0.05, 0) is 49.1 Å². The SMILES string of the molecule is CC/C=C\C=C(/C)c1ccc(OC)c(C)c1. The minimum atomic E-state index is 0.945. The lowest BCUT2D eigenvalue weighted by atomic mass is 10.0. The van der Waals surface area contributed by atoms with Crippen molar-refractivity contribution in [1.29, 1.82) is 0 Å². The Hall–Kier alpha value is -1.50. The van der Waals surface area contributed by atoms with Gasteiger partial charge in [0.1, 0.15) is 5.75 Å². The van der Waals surface area contributed by atoms with Gasteiger partial charge in [0, 0.05) is 0 Å². The van der Waals surface area contributed by atoms with E-state index in [1.165, 1.54) is 16.7 Å². The van der Waals surface area contributed by atoms with Crippen molar-refractivity contribution in [1.82, 2.24) is 0 Å². The van der Waals surface area contributed by atoms with Crippen molar-refractivity contribution in [3.05, 3.63) is 47.6 Å². The minimum Gasteiger partial charge on any atom is -0.496 e. The number of benzene rings is 1. The van der Waals surface area contributed by atoms with Crippen LogP contribution in [0.15, 0.2) is 36.4 Å². The van der Waals surface area contributed by atoms with E-state index in [0.29, 0.717) is 0 Å². The van der Waals surface area contributed by atoms with E-state index in [0.717, 1.165) is 12.2 Å². The van der Waals surface area contributed by atoms with Gasteiger partial charge in [-0.15, -0.1) is 0 Å². The van der Waals surface area contributed by atoms with E-state index in [2.05, 4.69) is 51.1 Å². The van der Waals surface area contributed by atoms with Gasteiger partial charge in [0.25, 0.3) is 0 Å². The third kappa shape index (κ3) is 3.27. The molecule has 0 atom stereocenters. The van der Waals surface area contributed by atoms with Crippen LogP contribution in [0.25, 0.3) is 5.57 Å². The van der Waals surface area contributed by atoms with E-state index in [9.17, 15) is 0 Å². The van der Waals surface area contributed by atoms with Crippen LogP contribution >= 0.6 is 0 Å². The predicted octanol–water partition coefficient (Wildman–Crippen LogP) is 4.37. The van der Waals surface area contributed by atoms with Gasteiger partial charge in [-0.2, -0.15) is 0 Å². The Morgan fingerprint density at radius 2 is 2.12 bits per heavy atom. The van der Waals surface area contributed by atoms with Crippen LogP contribution in [0.4, 0.5) is 0 Å². The zero-order valence-corrected chi connectivity index (χ0v) is 10.6. The van der Waals surface area contributed by atoms with E-state index in [-0.39, 0.29) is 0 Å². The minimum absolute atomic E-state index is 0.945. The molecule has 0 aliphatic carbocycles. The lowest BCUT2D eigenvalue weighted by molar-refractivity contribution is 0.411. The highest BCUT2D eigenvalue weighted by Crippen LogP contribution is 2.22. The van der Waals surface area contributed by atoms with Gasteiger partial charge in [0.05, 0.1) is 7.11 Å². The van der Waals surface area contributed by atoms with E-state index in [1.807, 2.05) is 6.07 Å². The molecule has 1 nitrogen and oxygen atoms in total. The summed E-state index contributed by atoms with van der Waals surface area (Å²) < 4.78 is 5.24. The molecule has 0 amide bonds. The van der Waals surface area contributed by atoms with Gasteiger partial charge >= 0.3 is 0 Å². The average molecular weight is 216 g/mol. The predicted molar refractivity (Wildman–Crippen MR) is 70.8 cm³/mol. The van der Waals surface area contributed by atoms with Crippen LogP contribution in [0.1, 0.15) is 31.4 Å². The fourth-order valence-corrected chi connectivity index (χ4v) is 1.57. The molecule has 0 saturated carbocycles. The van der Waals surface area contributed by atoms with E-state index in [4.69, 9.17) is 4.74 Å².